The summed E-state index contributed by atoms with van der Waals surface area (Å²) in [5, 5.41) is 4.57. The van der Waals surface area contributed by atoms with Crippen LogP contribution in [0.25, 0.3) is 0 Å². The van der Waals surface area contributed by atoms with Crippen molar-refractivity contribution in [3.8, 4) is 0 Å². The maximum absolute atomic E-state index is 12.2. The van der Waals surface area contributed by atoms with Gasteiger partial charge < -0.3 is 10.1 Å². The van der Waals surface area contributed by atoms with E-state index in [1.54, 1.807) is 11.8 Å². The van der Waals surface area contributed by atoms with Gasteiger partial charge in [-0.25, -0.2) is 0 Å². The van der Waals surface area contributed by atoms with Gasteiger partial charge in [0, 0.05) is 10.1 Å². The second-order valence-electron chi connectivity index (χ2n) is 5.41. The molecule has 116 valence electrons. The van der Waals surface area contributed by atoms with Crippen molar-refractivity contribution >= 4 is 29.3 Å². The molecule has 1 aromatic rings. The number of halogens is 1. The van der Waals surface area contributed by atoms with E-state index in [0.29, 0.717) is 5.25 Å². The molecule has 1 aliphatic carbocycles. The molecule has 2 unspecified atom stereocenters. The lowest BCUT2D eigenvalue weighted by Crippen LogP contribution is -2.51. The van der Waals surface area contributed by atoms with E-state index in [2.05, 4.69) is 12.2 Å². The fourth-order valence-corrected chi connectivity index (χ4v) is 4.37. The largest absolute Gasteiger partial charge is 0.468 e. The third kappa shape index (κ3) is 3.93. The number of methoxy groups -OCH3 is 1. The van der Waals surface area contributed by atoms with Crippen LogP contribution in [-0.4, -0.2) is 30.4 Å². The number of carbonyl (C=O) groups is 1. The molecule has 5 heteroatoms. The summed E-state index contributed by atoms with van der Waals surface area (Å²) < 4.78 is 5.02. The van der Waals surface area contributed by atoms with E-state index < -0.39 is 5.54 Å². The molecular formula is C16H22ClNO2S. The van der Waals surface area contributed by atoms with Crippen LogP contribution in [0.2, 0.25) is 5.02 Å². The van der Waals surface area contributed by atoms with Gasteiger partial charge in [0.1, 0.15) is 5.54 Å². The fraction of sp³-hybridized carbons (Fsp3) is 0.562. The van der Waals surface area contributed by atoms with Crippen molar-refractivity contribution < 1.29 is 9.53 Å². The number of esters is 1. The van der Waals surface area contributed by atoms with E-state index in [0.717, 1.165) is 42.1 Å². The zero-order chi connectivity index (χ0) is 15.3. The van der Waals surface area contributed by atoms with Crippen LogP contribution in [0.3, 0.4) is 0 Å². The summed E-state index contributed by atoms with van der Waals surface area (Å²) in [7, 11) is 1.46. The molecule has 0 spiro atoms. The van der Waals surface area contributed by atoms with Gasteiger partial charge in [-0.3, -0.25) is 4.79 Å². The van der Waals surface area contributed by atoms with E-state index >= 15 is 0 Å². The second kappa shape index (κ2) is 7.52. The molecule has 0 heterocycles. The highest BCUT2D eigenvalue weighted by Crippen LogP contribution is 2.42. The Morgan fingerprint density at radius 3 is 2.95 bits per heavy atom. The number of carbonyl (C=O) groups excluding carboxylic acids is 1. The van der Waals surface area contributed by atoms with E-state index in [9.17, 15) is 4.79 Å². The van der Waals surface area contributed by atoms with Crippen molar-refractivity contribution in [2.75, 3.05) is 13.7 Å². The molecule has 0 radical (unpaired) electrons. The van der Waals surface area contributed by atoms with Gasteiger partial charge in [0.25, 0.3) is 0 Å². The zero-order valence-electron chi connectivity index (χ0n) is 12.5. The van der Waals surface area contributed by atoms with Gasteiger partial charge in [0.05, 0.1) is 12.1 Å². The van der Waals surface area contributed by atoms with Crippen molar-refractivity contribution in [3.05, 3.63) is 29.3 Å². The van der Waals surface area contributed by atoms with Crippen molar-refractivity contribution in [2.45, 2.75) is 48.3 Å². The van der Waals surface area contributed by atoms with Crippen molar-refractivity contribution in [1.29, 1.82) is 0 Å². The quantitative estimate of drug-likeness (QED) is 0.804. The standard InChI is InChI=1S/C16H22ClNO2S/c1-3-10-18-16(15(19)20-2)9-8-12(11-16)21-14-7-5-4-6-13(14)17/h4-7,12,18H,3,8-11H2,1-2H3. The molecule has 1 aromatic carbocycles. The Kier molecular flexibility index (Phi) is 5.97. The summed E-state index contributed by atoms with van der Waals surface area (Å²) in [6, 6.07) is 7.86. The van der Waals surface area contributed by atoms with Crippen LogP contribution in [0.1, 0.15) is 32.6 Å². The maximum atomic E-state index is 12.2. The summed E-state index contributed by atoms with van der Waals surface area (Å²) in [4.78, 5) is 13.3. The molecule has 1 N–H and O–H groups in total. The number of ether oxygens (including phenoxy) is 1. The molecule has 3 nitrogen and oxygen atoms in total. The third-order valence-electron chi connectivity index (χ3n) is 3.89. The summed E-state index contributed by atoms with van der Waals surface area (Å²) in [5.74, 6) is -0.141. The van der Waals surface area contributed by atoms with Crippen LogP contribution in [0.5, 0.6) is 0 Å². The minimum Gasteiger partial charge on any atom is -0.468 e. The normalized spacial score (nSPS) is 25.0. The van der Waals surface area contributed by atoms with Crippen molar-refractivity contribution in [2.24, 2.45) is 0 Å². The number of thioether (sulfide) groups is 1. The first-order valence-corrected chi connectivity index (χ1v) is 8.61. The van der Waals surface area contributed by atoms with E-state index in [1.165, 1.54) is 7.11 Å². The lowest BCUT2D eigenvalue weighted by molar-refractivity contribution is -0.148. The van der Waals surface area contributed by atoms with Crippen LogP contribution in [-0.2, 0) is 9.53 Å². The van der Waals surface area contributed by atoms with Gasteiger partial charge in [0.2, 0.25) is 0 Å². The highest BCUT2D eigenvalue weighted by atomic mass is 35.5. The van der Waals surface area contributed by atoms with Gasteiger partial charge in [-0.2, -0.15) is 0 Å². The topological polar surface area (TPSA) is 38.3 Å². The number of hydrogen-bond acceptors (Lipinski definition) is 4. The van der Waals surface area contributed by atoms with E-state index in [1.807, 2.05) is 24.3 Å². The average Bonchev–Trinajstić information content (AvgIpc) is 2.91. The smallest absolute Gasteiger partial charge is 0.326 e. The van der Waals surface area contributed by atoms with Crippen LogP contribution in [0.4, 0.5) is 0 Å². The number of rotatable bonds is 6. The molecule has 0 aromatic heterocycles. The lowest BCUT2D eigenvalue weighted by Gasteiger charge is -2.27. The first-order chi connectivity index (χ1) is 10.1. The fourth-order valence-electron chi connectivity index (χ4n) is 2.80. The molecule has 1 fully saturated rings. The molecule has 21 heavy (non-hydrogen) atoms. The number of nitrogens with one attached hydrogen (secondary N) is 1. The average molecular weight is 328 g/mol. The minimum atomic E-state index is -0.524. The van der Waals surface area contributed by atoms with Crippen LogP contribution >= 0.6 is 23.4 Å². The van der Waals surface area contributed by atoms with E-state index in [4.69, 9.17) is 16.3 Å². The van der Waals surface area contributed by atoms with Gasteiger partial charge in [0.15, 0.2) is 0 Å². The second-order valence-corrected chi connectivity index (χ2v) is 7.16. The molecule has 2 rings (SSSR count). The first kappa shape index (κ1) is 16.7. The Morgan fingerprint density at radius 1 is 1.52 bits per heavy atom. The summed E-state index contributed by atoms with van der Waals surface area (Å²) in [5.41, 5.74) is -0.524. The molecule has 0 saturated heterocycles. The predicted octanol–water partition coefficient (Wildman–Crippen LogP) is 3.90. The minimum absolute atomic E-state index is 0.141. The predicted molar refractivity (Wildman–Crippen MR) is 88.0 cm³/mol. The molecule has 1 aliphatic rings. The Morgan fingerprint density at radius 2 is 2.29 bits per heavy atom. The van der Waals surface area contributed by atoms with Gasteiger partial charge in [-0.05, 0) is 44.4 Å². The Hall–Kier alpha value is -0.710. The van der Waals surface area contributed by atoms with Gasteiger partial charge >= 0.3 is 5.97 Å². The summed E-state index contributed by atoms with van der Waals surface area (Å²) in [6.07, 6.45) is 3.60. The van der Waals surface area contributed by atoms with Crippen LogP contribution in [0.15, 0.2) is 29.2 Å². The maximum Gasteiger partial charge on any atom is 0.326 e. The Balaban J connectivity index is 2.06. The van der Waals surface area contributed by atoms with Gasteiger partial charge in [-0.1, -0.05) is 30.7 Å². The zero-order valence-corrected chi connectivity index (χ0v) is 14.1. The van der Waals surface area contributed by atoms with Gasteiger partial charge in [-0.15, -0.1) is 11.8 Å². The van der Waals surface area contributed by atoms with Crippen molar-refractivity contribution in [3.63, 3.8) is 0 Å². The number of hydrogen-bond donors (Lipinski definition) is 1. The lowest BCUT2D eigenvalue weighted by atomic mass is 9.97. The van der Waals surface area contributed by atoms with E-state index in [-0.39, 0.29) is 5.97 Å². The Bertz CT molecular complexity index is 497. The third-order valence-corrected chi connectivity index (χ3v) is 5.68. The SMILES string of the molecule is CCCNC1(C(=O)OC)CCC(Sc2ccccc2Cl)C1. The van der Waals surface area contributed by atoms with Crippen LogP contribution < -0.4 is 5.32 Å². The summed E-state index contributed by atoms with van der Waals surface area (Å²) >= 11 is 7.98. The molecule has 2 atom stereocenters. The summed E-state index contributed by atoms with van der Waals surface area (Å²) in [6.45, 7) is 2.93. The molecule has 0 bridgehead atoms. The highest BCUT2D eigenvalue weighted by molar-refractivity contribution is 8.00. The molecule has 0 amide bonds. The van der Waals surface area contributed by atoms with Crippen molar-refractivity contribution in [1.82, 2.24) is 5.32 Å². The molecular weight excluding hydrogens is 306 g/mol. The van der Waals surface area contributed by atoms with Crippen LogP contribution in [0, 0.1) is 0 Å². The number of benzene rings is 1. The Labute approximate surface area is 135 Å². The molecule has 1 saturated carbocycles. The first-order valence-electron chi connectivity index (χ1n) is 7.36. The highest BCUT2D eigenvalue weighted by Gasteiger charge is 2.46. The molecule has 0 aliphatic heterocycles. The monoisotopic (exact) mass is 327 g/mol.